The summed E-state index contributed by atoms with van der Waals surface area (Å²) in [5.41, 5.74) is 1.03. The van der Waals surface area contributed by atoms with Crippen molar-refractivity contribution in [2.24, 2.45) is 0 Å². The standard InChI is InChI=1S/C23H22F2N8O2/c1-11(2)33-12(3)27-21-15(24)6-13(7-18(21)33)20-16(25)8-26-23(29-20)28-19-5-4-17(30-31-19)22(35)32-9-14(34)10-32/h4-8,11,14,34H,9-10H2,1-3H3,(H,26,28,29,31). The molecule has 3 aromatic heterocycles. The molecule has 10 nitrogen and oxygen atoms in total. The summed E-state index contributed by atoms with van der Waals surface area (Å²) in [5, 5.41) is 20.0. The Morgan fingerprint density at radius 1 is 1.14 bits per heavy atom. The predicted octanol–water partition coefficient (Wildman–Crippen LogP) is 3.01. The first-order valence-electron chi connectivity index (χ1n) is 11.0. The normalized spacial score (nSPS) is 14.0. The molecular weight excluding hydrogens is 458 g/mol. The zero-order valence-corrected chi connectivity index (χ0v) is 19.2. The Balaban J connectivity index is 1.43. The van der Waals surface area contributed by atoms with Crippen LogP contribution in [-0.4, -0.2) is 64.8 Å². The van der Waals surface area contributed by atoms with Gasteiger partial charge in [-0.15, -0.1) is 10.2 Å². The molecule has 1 saturated heterocycles. The average Bonchev–Trinajstić information content (AvgIpc) is 3.15. The Kier molecular flexibility index (Phi) is 5.59. The number of likely N-dealkylation sites (tertiary alicyclic amines) is 1. The van der Waals surface area contributed by atoms with Crippen LogP contribution in [0.4, 0.5) is 20.5 Å². The van der Waals surface area contributed by atoms with E-state index in [-0.39, 0.29) is 59.3 Å². The SMILES string of the molecule is Cc1nc2c(F)cc(-c3nc(Nc4ccc(C(=O)N5CC(O)C5)nn4)ncc3F)cc2n1C(C)C. The van der Waals surface area contributed by atoms with Gasteiger partial charge >= 0.3 is 0 Å². The second-order valence-electron chi connectivity index (χ2n) is 8.63. The number of anilines is 2. The van der Waals surface area contributed by atoms with Crippen LogP contribution in [0.1, 0.15) is 36.2 Å². The minimum absolute atomic E-state index is 0.0229. The van der Waals surface area contributed by atoms with Crippen molar-refractivity contribution >= 4 is 28.7 Å². The van der Waals surface area contributed by atoms with Crippen LogP contribution in [0.15, 0.2) is 30.5 Å². The summed E-state index contributed by atoms with van der Waals surface area (Å²) in [4.78, 5) is 26.2. The molecule has 0 bridgehead atoms. The Hall–Kier alpha value is -4.06. The Labute approximate surface area is 198 Å². The minimum atomic E-state index is -0.717. The van der Waals surface area contributed by atoms with Crippen molar-refractivity contribution in [1.82, 2.24) is 34.6 Å². The molecule has 1 fully saturated rings. The van der Waals surface area contributed by atoms with Gasteiger partial charge in [-0.3, -0.25) is 4.79 Å². The number of amides is 1. The van der Waals surface area contributed by atoms with E-state index in [1.807, 2.05) is 18.4 Å². The summed E-state index contributed by atoms with van der Waals surface area (Å²) in [6, 6.07) is 5.87. The quantitative estimate of drug-likeness (QED) is 0.447. The number of nitrogens with zero attached hydrogens (tertiary/aromatic N) is 7. The lowest BCUT2D eigenvalue weighted by atomic mass is 10.1. The van der Waals surface area contributed by atoms with Crippen molar-refractivity contribution in [3.05, 3.63) is 53.6 Å². The number of aryl methyl sites for hydroxylation is 1. The van der Waals surface area contributed by atoms with Crippen LogP contribution in [-0.2, 0) is 0 Å². The molecule has 5 rings (SSSR count). The van der Waals surface area contributed by atoms with Crippen LogP contribution in [0.25, 0.3) is 22.3 Å². The zero-order chi connectivity index (χ0) is 24.9. The smallest absolute Gasteiger partial charge is 0.274 e. The molecule has 180 valence electrons. The molecule has 1 aliphatic heterocycles. The number of rotatable bonds is 5. The van der Waals surface area contributed by atoms with Gasteiger partial charge in [-0.05, 0) is 45.0 Å². The van der Waals surface area contributed by atoms with Crippen LogP contribution in [0.2, 0.25) is 0 Å². The zero-order valence-electron chi connectivity index (χ0n) is 19.2. The molecule has 4 heterocycles. The van der Waals surface area contributed by atoms with Crippen LogP contribution in [0, 0.1) is 18.6 Å². The fraction of sp³-hybridized carbons (Fsp3) is 0.304. The number of nitrogens with one attached hydrogen (secondary N) is 1. The molecule has 0 spiro atoms. The van der Waals surface area contributed by atoms with Crippen LogP contribution in [0.3, 0.4) is 0 Å². The summed E-state index contributed by atoms with van der Waals surface area (Å²) in [6.45, 7) is 6.23. The van der Waals surface area contributed by atoms with Gasteiger partial charge in [0.1, 0.15) is 17.0 Å². The number of benzene rings is 1. The second-order valence-corrected chi connectivity index (χ2v) is 8.63. The van der Waals surface area contributed by atoms with Gasteiger partial charge in [-0.1, -0.05) is 0 Å². The monoisotopic (exact) mass is 480 g/mol. The van der Waals surface area contributed by atoms with E-state index in [0.717, 1.165) is 6.20 Å². The number of aliphatic hydroxyl groups excluding tert-OH is 1. The molecule has 1 aliphatic rings. The number of aromatic nitrogens is 6. The lowest BCUT2D eigenvalue weighted by Gasteiger charge is -2.35. The molecular formula is C23H22F2N8O2. The van der Waals surface area contributed by atoms with Gasteiger partial charge in [-0.25, -0.2) is 23.7 Å². The minimum Gasteiger partial charge on any atom is -0.389 e. The first-order valence-corrected chi connectivity index (χ1v) is 11.0. The first-order chi connectivity index (χ1) is 16.7. The lowest BCUT2D eigenvalue weighted by Crippen LogP contribution is -2.53. The number of hydrogen-bond acceptors (Lipinski definition) is 8. The molecule has 4 aromatic rings. The van der Waals surface area contributed by atoms with Crippen LogP contribution in [0.5, 0.6) is 0 Å². The predicted molar refractivity (Wildman–Crippen MR) is 123 cm³/mol. The van der Waals surface area contributed by atoms with Gasteiger partial charge in [0, 0.05) is 24.7 Å². The summed E-state index contributed by atoms with van der Waals surface area (Å²) >= 11 is 0. The summed E-state index contributed by atoms with van der Waals surface area (Å²) in [7, 11) is 0. The molecule has 0 atom stereocenters. The van der Waals surface area contributed by atoms with Gasteiger partial charge in [0.15, 0.2) is 23.1 Å². The van der Waals surface area contributed by atoms with Crippen LogP contribution < -0.4 is 5.32 Å². The Morgan fingerprint density at radius 2 is 1.91 bits per heavy atom. The molecule has 1 aromatic carbocycles. The van der Waals surface area contributed by atoms with Gasteiger partial charge < -0.3 is 19.9 Å². The molecule has 12 heteroatoms. The van der Waals surface area contributed by atoms with Crippen molar-refractivity contribution in [3.63, 3.8) is 0 Å². The maximum absolute atomic E-state index is 14.9. The number of carbonyl (C=O) groups is 1. The highest BCUT2D eigenvalue weighted by Crippen LogP contribution is 2.30. The third kappa shape index (κ3) is 4.16. The number of fused-ring (bicyclic) bond motifs is 1. The van der Waals surface area contributed by atoms with E-state index in [2.05, 4.69) is 30.5 Å². The van der Waals surface area contributed by atoms with Crippen molar-refractivity contribution in [3.8, 4) is 11.3 Å². The van der Waals surface area contributed by atoms with E-state index in [1.165, 1.54) is 23.1 Å². The van der Waals surface area contributed by atoms with Gasteiger partial charge in [0.2, 0.25) is 5.95 Å². The fourth-order valence-corrected chi connectivity index (χ4v) is 4.10. The van der Waals surface area contributed by atoms with Gasteiger partial charge in [0.05, 0.1) is 17.8 Å². The van der Waals surface area contributed by atoms with E-state index in [1.54, 1.807) is 13.0 Å². The number of β-amino-alcohol motifs (C(OH)–C–C–N with tert-alkyl or cyclic N) is 1. The maximum Gasteiger partial charge on any atom is 0.274 e. The number of imidazole rings is 1. The van der Waals surface area contributed by atoms with Crippen molar-refractivity contribution in [2.45, 2.75) is 32.9 Å². The van der Waals surface area contributed by atoms with Gasteiger partial charge in [0.25, 0.3) is 5.91 Å². The molecule has 0 radical (unpaired) electrons. The van der Waals surface area contributed by atoms with Crippen LogP contribution >= 0.6 is 0 Å². The average molecular weight is 480 g/mol. The summed E-state index contributed by atoms with van der Waals surface area (Å²) < 4.78 is 31.4. The van der Waals surface area contributed by atoms with Crippen molar-refractivity contribution in [1.29, 1.82) is 0 Å². The Morgan fingerprint density at radius 3 is 2.57 bits per heavy atom. The molecule has 1 amide bonds. The first kappa shape index (κ1) is 22.7. The van der Waals surface area contributed by atoms with E-state index in [9.17, 15) is 18.7 Å². The largest absolute Gasteiger partial charge is 0.389 e. The number of aliphatic hydroxyl groups is 1. The second kappa shape index (κ2) is 8.62. The van der Waals surface area contributed by atoms with E-state index in [4.69, 9.17) is 0 Å². The molecule has 2 N–H and O–H groups in total. The van der Waals surface area contributed by atoms with Gasteiger partial charge in [-0.2, -0.15) is 0 Å². The van der Waals surface area contributed by atoms with Crippen molar-refractivity contribution < 1.29 is 18.7 Å². The maximum atomic E-state index is 14.9. The summed E-state index contributed by atoms with van der Waals surface area (Å²) in [6.07, 6.45) is 0.472. The van der Waals surface area contributed by atoms with E-state index < -0.39 is 17.7 Å². The fourth-order valence-electron chi connectivity index (χ4n) is 4.10. The highest BCUT2D eigenvalue weighted by atomic mass is 19.1. The highest BCUT2D eigenvalue weighted by molar-refractivity contribution is 5.93. The molecule has 0 saturated carbocycles. The number of hydrogen-bond donors (Lipinski definition) is 2. The van der Waals surface area contributed by atoms with E-state index >= 15 is 0 Å². The third-order valence-corrected chi connectivity index (χ3v) is 5.73. The highest BCUT2D eigenvalue weighted by Gasteiger charge is 2.30. The molecule has 35 heavy (non-hydrogen) atoms. The van der Waals surface area contributed by atoms with E-state index in [0.29, 0.717) is 11.3 Å². The lowest BCUT2D eigenvalue weighted by molar-refractivity contribution is 0.00543. The topological polar surface area (TPSA) is 122 Å². The number of halogens is 2. The Bertz CT molecular complexity index is 1430. The van der Waals surface area contributed by atoms with Crippen molar-refractivity contribution in [2.75, 3.05) is 18.4 Å². The number of carbonyl (C=O) groups excluding carboxylic acids is 1. The summed E-state index contributed by atoms with van der Waals surface area (Å²) in [5.74, 6) is -0.711. The molecule has 0 aliphatic carbocycles. The third-order valence-electron chi connectivity index (χ3n) is 5.73. The molecule has 0 unspecified atom stereocenters.